The average Bonchev–Trinajstić information content (AvgIpc) is 2.41. The van der Waals surface area contributed by atoms with Gasteiger partial charge >= 0.3 is 0 Å². The zero-order valence-electron chi connectivity index (χ0n) is 10.8. The van der Waals surface area contributed by atoms with E-state index in [1.807, 2.05) is 6.92 Å². The Labute approximate surface area is 121 Å². The van der Waals surface area contributed by atoms with Gasteiger partial charge in [-0.1, -0.05) is 11.6 Å². The van der Waals surface area contributed by atoms with Gasteiger partial charge in [-0.3, -0.25) is 4.79 Å². The molecule has 0 heterocycles. The van der Waals surface area contributed by atoms with Crippen LogP contribution in [-0.4, -0.2) is 12.5 Å². The lowest BCUT2D eigenvalue weighted by Gasteiger charge is -2.08. The Morgan fingerprint density at radius 2 is 1.95 bits per heavy atom. The Bertz CT molecular complexity index is 614. The van der Waals surface area contributed by atoms with Crippen molar-refractivity contribution in [2.45, 2.75) is 6.92 Å². The van der Waals surface area contributed by atoms with Gasteiger partial charge in [0.05, 0.1) is 17.2 Å². The normalized spacial score (nSPS) is 10.2. The van der Waals surface area contributed by atoms with Crippen LogP contribution in [0.1, 0.15) is 17.3 Å². The SMILES string of the molecule is CCOc1ccc(NC(=O)c2ccc(F)cc2Cl)cc1. The summed E-state index contributed by atoms with van der Waals surface area (Å²) in [5.74, 6) is -0.142. The molecule has 0 spiro atoms. The van der Waals surface area contributed by atoms with Crippen molar-refractivity contribution in [3.63, 3.8) is 0 Å². The molecular weight excluding hydrogens is 281 g/mol. The van der Waals surface area contributed by atoms with Crippen molar-refractivity contribution in [1.29, 1.82) is 0 Å². The van der Waals surface area contributed by atoms with Crippen LogP contribution in [0.25, 0.3) is 0 Å². The Morgan fingerprint density at radius 1 is 1.25 bits per heavy atom. The molecule has 2 aromatic rings. The van der Waals surface area contributed by atoms with Crippen LogP contribution in [0.5, 0.6) is 5.75 Å². The Balaban J connectivity index is 2.11. The highest BCUT2D eigenvalue weighted by Gasteiger charge is 2.11. The van der Waals surface area contributed by atoms with Gasteiger partial charge in [-0.25, -0.2) is 4.39 Å². The van der Waals surface area contributed by atoms with Gasteiger partial charge in [-0.2, -0.15) is 0 Å². The van der Waals surface area contributed by atoms with E-state index in [-0.39, 0.29) is 16.5 Å². The molecule has 0 atom stereocenters. The molecule has 104 valence electrons. The molecule has 0 saturated carbocycles. The topological polar surface area (TPSA) is 38.3 Å². The molecule has 5 heteroatoms. The summed E-state index contributed by atoms with van der Waals surface area (Å²) in [4.78, 5) is 12.0. The highest BCUT2D eigenvalue weighted by atomic mass is 35.5. The number of hydrogen-bond donors (Lipinski definition) is 1. The Kier molecular flexibility index (Phi) is 4.58. The van der Waals surface area contributed by atoms with E-state index in [0.717, 1.165) is 11.8 Å². The van der Waals surface area contributed by atoms with Gasteiger partial charge in [0.2, 0.25) is 0 Å². The number of anilines is 1. The third kappa shape index (κ3) is 3.48. The molecule has 2 rings (SSSR count). The summed E-state index contributed by atoms with van der Waals surface area (Å²) >= 11 is 5.84. The highest BCUT2D eigenvalue weighted by Crippen LogP contribution is 2.20. The standard InChI is InChI=1S/C15H13ClFNO2/c1-2-20-12-6-4-11(5-7-12)18-15(19)13-8-3-10(17)9-14(13)16/h3-9H,2H2,1H3,(H,18,19). The Morgan fingerprint density at radius 3 is 2.55 bits per heavy atom. The second kappa shape index (κ2) is 6.39. The molecule has 0 aromatic heterocycles. The van der Waals surface area contributed by atoms with Crippen LogP contribution >= 0.6 is 11.6 Å². The largest absolute Gasteiger partial charge is 0.494 e. The number of rotatable bonds is 4. The molecule has 1 amide bonds. The fourth-order valence-electron chi connectivity index (χ4n) is 1.67. The van der Waals surface area contributed by atoms with Gasteiger partial charge < -0.3 is 10.1 Å². The van der Waals surface area contributed by atoms with Crippen molar-refractivity contribution >= 4 is 23.2 Å². The molecule has 0 unspecified atom stereocenters. The number of carbonyl (C=O) groups is 1. The first kappa shape index (κ1) is 14.3. The summed E-state index contributed by atoms with van der Waals surface area (Å²) in [5, 5.41) is 2.76. The van der Waals surface area contributed by atoms with Gasteiger partial charge in [0.15, 0.2) is 0 Å². The minimum atomic E-state index is -0.479. The number of amides is 1. The third-order valence-electron chi connectivity index (χ3n) is 2.60. The van der Waals surface area contributed by atoms with E-state index >= 15 is 0 Å². The quantitative estimate of drug-likeness (QED) is 0.920. The lowest BCUT2D eigenvalue weighted by molar-refractivity contribution is 0.102. The minimum absolute atomic E-state index is 0.0773. The summed E-state index contributed by atoms with van der Waals surface area (Å²) in [6, 6.07) is 10.6. The summed E-state index contributed by atoms with van der Waals surface area (Å²) in [5.41, 5.74) is 0.834. The van der Waals surface area contributed by atoms with E-state index in [4.69, 9.17) is 16.3 Å². The molecule has 2 aromatic carbocycles. The molecule has 0 saturated heterocycles. The lowest BCUT2D eigenvalue weighted by Crippen LogP contribution is -2.12. The van der Waals surface area contributed by atoms with Crippen LogP contribution in [0.15, 0.2) is 42.5 Å². The Hall–Kier alpha value is -2.07. The van der Waals surface area contributed by atoms with Crippen molar-refractivity contribution in [3.05, 3.63) is 58.9 Å². The van der Waals surface area contributed by atoms with Crippen molar-refractivity contribution in [1.82, 2.24) is 0 Å². The van der Waals surface area contributed by atoms with E-state index < -0.39 is 5.82 Å². The van der Waals surface area contributed by atoms with Gasteiger partial charge in [0.25, 0.3) is 5.91 Å². The molecule has 0 aliphatic carbocycles. The molecule has 0 fully saturated rings. The van der Waals surface area contributed by atoms with Crippen LogP contribution < -0.4 is 10.1 Å². The second-order valence-electron chi connectivity index (χ2n) is 4.04. The van der Waals surface area contributed by atoms with Gasteiger partial charge in [0.1, 0.15) is 11.6 Å². The zero-order chi connectivity index (χ0) is 14.5. The summed E-state index contributed by atoms with van der Waals surface area (Å²) in [6.45, 7) is 2.48. The molecule has 0 bridgehead atoms. The van der Waals surface area contributed by atoms with Crippen molar-refractivity contribution in [2.75, 3.05) is 11.9 Å². The molecule has 0 radical (unpaired) electrons. The zero-order valence-corrected chi connectivity index (χ0v) is 11.6. The van der Waals surface area contributed by atoms with E-state index in [1.165, 1.54) is 12.1 Å². The predicted molar refractivity (Wildman–Crippen MR) is 77.0 cm³/mol. The third-order valence-corrected chi connectivity index (χ3v) is 2.91. The van der Waals surface area contributed by atoms with Gasteiger partial charge in [-0.15, -0.1) is 0 Å². The second-order valence-corrected chi connectivity index (χ2v) is 4.44. The maximum Gasteiger partial charge on any atom is 0.257 e. The van der Waals surface area contributed by atoms with E-state index in [9.17, 15) is 9.18 Å². The highest BCUT2D eigenvalue weighted by molar-refractivity contribution is 6.34. The van der Waals surface area contributed by atoms with Crippen LogP contribution in [0.2, 0.25) is 5.02 Å². The number of nitrogens with one attached hydrogen (secondary N) is 1. The van der Waals surface area contributed by atoms with Crippen LogP contribution in [0, 0.1) is 5.82 Å². The number of benzene rings is 2. The van der Waals surface area contributed by atoms with Crippen LogP contribution in [0.3, 0.4) is 0 Å². The number of hydrogen-bond acceptors (Lipinski definition) is 2. The predicted octanol–water partition coefficient (Wildman–Crippen LogP) is 4.13. The first-order valence-electron chi connectivity index (χ1n) is 6.09. The fourth-order valence-corrected chi connectivity index (χ4v) is 1.93. The first-order chi connectivity index (χ1) is 9.60. The van der Waals surface area contributed by atoms with Gasteiger partial charge in [0, 0.05) is 5.69 Å². The summed E-state index contributed by atoms with van der Waals surface area (Å²) in [6.07, 6.45) is 0. The van der Waals surface area contributed by atoms with E-state index in [0.29, 0.717) is 12.3 Å². The van der Waals surface area contributed by atoms with E-state index in [2.05, 4.69) is 5.32 Å². The van der Waals surface area contributed by atoms with E-state index in [1.54, 1.807) is 24.3 Å². The number of halogens is 2. The summed E-state index contributed by atoms with van der Waals surface area (Å²) < 4.78 is 18.2. The molecule has 20 heavy (non-hydrogen) atoms. The lowest BCUT2D eigenvalue weighted by atomic mass is 10.2. The van der Waals surface area contributed by atoms with Crippen molar-refractivity contribution in [2.24, 2.45) is 0 Å². The smallest absolute Gasteiger partial charge is 0.257 e. The average molecular weight is 294 g/mol. The summed E-state index contributed by atoms with van der Waals surface area (Å²) in [7, 11) is 0. The number of carbonyl (C=O) groups excluding carboxylic acids is 1. The number of ether oxygens (including phenoxy) is 1. The van der Waals surface area contributed by atoms with Crippen LogP contribution in [-0.2, 0) is 0 Å². The van der Waals surface area contributed by atoms with Gasteiger partial charge in [-0.05, 0) is 49.4 Å². The van der Waals surface area contributed by atoms with Crippen molar-refractivity contribution in [3.8, 4) is 5.75 Å². The fraction of sp³-hybridized carbons (Fsp3) is 0.133. The monoisotopic (exact) mass is 293 g/mol. The van der Waals surface area contributed by atoms with Crippen molar-refractivity contribution < 1.29 is 13.9 Å². The molecule has 1 N–H and O–H groups in total. The molecular formula is C15H13ClFNO2. The molecule has 0 aliphatic rings. The van der Waals surface area contributed by atoms with Crippen LogP contribution in [0.4, 0.5) is 10.1 Å². The maximum atomic E-state index is 12.9. The molecule has 0 aliphatic heterocycles. The first-order valence-corrected chi connectivity index (χ1v) is 6.47. The maximum absolute atomic E-state index is 12.9. The minimum Gasteiger partial charge on any atom is -0.494 e. The molecule has 3 nitrogen and oxygen atoms in total.